The SMILES string of the molecule is COC(=O)C1=C(C(=O)OC)N(c2ccc3[nH]cc(SC)c3c2)C=CC=C1. The Morgan fingerprint density at radius 3 is 2.58 bits per heavy atom. The van der Waals surface area contributed by atoms with Crippen LogP contribution in [0.3, 0.4) is 0 Å². The number of hydrogen-bond donors (Lipinski definition) is 1. The number of nitrogens with zero attached hydrogens (tertiary/aromatic N) is 1. The molecule has 0 bridgehead atoms. The first-order chi connectivity index (χ1) is 12.6. The number of rotatable bonds is 4. The highest BCUT2D eigenvalue weighted by atomic mass is 32.2. The lowest BCUT2D eigenvalue weighted by Crippen LogP contribution is -2.26. The molecule has 134 valence electrons. The van der Waals surface area contributed by atoms with E-state index in [1.165, 1.54) is 20.3 Å². The van der Waals surface area contributed by atoms with Gasteiger partial charge < -0.3 is 19.4 Å². The van der Waals surface area contributed by atoms with E-state index >= 15 is 0 Å². The Labute approximate surface area is 155 Å². The number of anilines is 1. The van der Waals surface area contributed by atoms with Gasteiger partial charge in [0.2, 0.25) is 0 Å². The van der Waals surface area contributed by atoms with Gasteiger partial charge in [0.15, 0.2) is 0 Å². The van der Waals surface area contributed by atoms with E-state index in [4.69, 9.17) is 9.47 Å². The summed E-state index contributed by atoms with van der Waals surface area (Å²) < 4.78 is 9.75. The molecule has 1 aliphatic heterocycles. The Bertz CT molecular complexity index is 956. The number of ether oxygens (including phenoxy) is 2. The molecule has 7 heteroatoms. The third-order valence-electron chi connectivity index (χ3n) is 4.01. The van der Waals surface area contributed by atoms with E-state index in [9.17, 15) is 9.59 Å². The topological polar surface area (TPSA) is 71.6 Å². The smallest absolute Gasteiger partial charge is 0.355 e. The van der Waals surface area contributed by atoms with Crippen LogP contribution in [0.1, 0.15) is 0 Å². The lowest BCUT2D eigenvalue weighted by molar-refractivity contribution is -0.139. The molecule has 1 aromatic heterocycles. The number of benzene rings is 1. The summed E-state index contributed by atoms with van der Waals surface area (Å²) in [6.45, 7) is 0. The number of allylic oxidation sites excluding steroid dienone is 2. The summed E-state index contributed by atoms with van der Waals surface area (Å²) in [5.41, 5.74) is 1.95. The van der Waals surface area contributed by atoms with Crippen LogP contribution in [0, 0.1) is 0 Å². The molecule has 1 N–H and O–H groups in total. The fourth-order valence-corrected chi connectivity index (χ4v) is 3.33. The molecule has 0 saturated carbocycles. The normalized spacial score (nSPS) is 13.9. The molecule has 0 atom stereocenters. The minimum atomic E-state index is -0.624. The van der Waals surface area contributed by atoms with Crippen LogP contribution in [-0.4, -0.2) is 37.4 Å². The number of fused-ring (bicyclic) bond motifs is 1. The first-order valence-electron chi connectivity index (χ1n) is 7.80. The van der Waals surface area contributed by atoms with Crippen LogP contribution in [0.25, 0.3) is 10.9 Å². The Balaban J connectivity index is 2.20. The highest BCUT2D eigenvalue weighted by Crippen LogP contribution is 2.32. The second kappa shape index (κ2) is 7.53. The van der Waals surface area contributed by atoms with Gasteiger partial charge in [0.1, 0.15) is 5.70 Å². The highest BCUT2D eigenvalue weighted by Gasteiger charge is 2.27. The molecule has 1 aromatic carbocycles. The van der Waals surface area contributed by atoms with Gasteiger partial charge in [0.25, 0.3) is 0 Å². The Hall–Kier alpha value is -2.93. The van der Waals surface area contributed by atoms with Gasteiger partial charge >= 0.3 is 11.9 Å². The molecule has 6 nitrogen and oxygen atoms in total. The minimum Gasteiger partial charge on any atom is -0.465 e. The number of aromatic amines is 1. The van der Waals surface area contributed by atoms with Crippen LogP contribution in [-0.2, 0) is 19.1 Å². The summed E-state index contributed by atoms with van der Waals surface area (Å²) in [6.07, 6.45) is 10.6. The average molecular weight is 370 g/mol. The van der Waals surface area contributed by atoms with Crippen molar-refractivity contribution in [2.45, 2.75) is 4.90 Å². The Morgan fingerprint density at radius 1 is 1.12 bits per heavy atom. The third kappa shape index (κ3) is 3.13. The fourth-order valence-electron chi connectivity index (χ4n) is 2.77. The summed E-state index contributed by atoms with van der Waals surface area (Å²) in [5.74, 6) is -1.23. The van der Waals surface area contributed by atoms with Crippen LogP contribution >= 0.6 is 11.8 Å². The number of carbonyl (C=O) groups excluding carboxylic acids is 2. The molecular formula is C19H18N2O4S. The number of carbonyl (C=O) groups is 2. The van der Waals surface area contributed by atoms with Gasteiger partial charge in [-0.25, -0.2) is 9.59 Å². The van der Waals surface area contributed by atoms with Gasteiger partial charge in [-0.05, 0) is 36.6 Å². The first-order valence-corrected chi connectivity index (χ1v) is 9.03. The van der Waals surface area contributed by atoms with Crippen molar-refractivity contribution in [2.24, 2.45) is 0 Å². The van der Waals surface area contributed by atoms with E-state index in [0.29, 0.717) is 0 Å². The largest absolute Gasteiger partial charge is 0.465 e. The summed E-state index contributed by atoms with van der Waals surface area (Å²) >= 11 is 1.63. The Kier molecular flexibility index (Phi) is 5.18. The van der Waals surface area contributed by atoms with Crippen LogP contribution in [0.4, 0.5) is 5.69 Å². The molecule has 0 amide bonds. The molecule has 0 unspecified atom stereocenters. The van der Waals surface area contributed by atoms with E-state index in [1.807, 2.05) is 30.7 Å². The van der Waals surface area contributed by atoms with Crippen LogP contribution in [0.15, 0.2) is 65.0 Å². The zero-order valence-electron chi connectivity index (χ0n) is 14.6. The molecule has 2 heterocycles. The molecule has 26 heavy (non-hydrogen) atoms. The van der Waals surface area contributed by atoms with Crippen molar-refractivity contribution in [3.8, 4) is 0 Å². The molecule has 0 radical (unpaired) electrons. The lowest BCUT2D eigenvalue weighted by atomic mass is 10.1. The van der Waals surface area contributed by atoms with Crippen LogP contribution in [0.2, 0.25) is 0 Å². The molecular weight excluding hydrogens is 352 g/mol. The fraction of sp³-hybridized carbons (Fsp3) is 0.158. The standard InChI is InChI=1S/C19H18N2O4S/c1-24-18(22)13-6-4-5-9-21(17(13)19(23)25-2)12-7-8-15-14(10-12)16(26-3)11-20-15/h4-11,20H,1-3H3. The summed E-state index contributed by atoms with van der Waals surface area (Å²) in [5, 5.41) is 1.03. The number of aromatic nitrogens is 1. The lowest BCUT2D eigenvalue weighted by Gasteiger charge is -2.23. The maximum atomic E-state index is 12.5. The summed E-state index contributed by atoms with van der Waals surface area (Å²) in [4.78, 5) is 30.6. The summed E-state index contributed by atoms with van der Waals surface area (Å²) in [6, 6.07) is 5.77. The number of esters is 2. The van der Waals surface area contributed by atoms with Gasteiger partial charge in [-0.15, -0.1) is 11.8 Å². The van der Waals surface area contributed by atoms with Crippen LogP contribution in [0.5, 0.6) is 0 Å². The second-order valence-electron chi connectivity index (χ2n) is 5.40. The maximum absolute atomic E-state index is 12.5. The van der Waals surface area contributed by atoms with Gasteiger partial charge in [-0.2, -0.15) is 0 Å². The average Bonchev–Trinajstić information content (AvgIpc) is 2.95. The zero-order valence-corrected chi connectivity index (χ0v) is 15.4. The molecule has 0 aliphatic carbocycles. The zero-order chi connectivity index (χ0) is 18.7. The van der Waals surface area contributed by atoms with Crippen molar-refractivity contribution in [1.29, 1.82) is 0 Å². The van der Waals surface area contributed by atoms with E-state index in [-0.39, 0.29) is 11.3 Å². The van der Waals surface area contributed by atoms with E-state index in [0.717, 1.165) is 21.5 Å². The number of hydrogen-bond acceptors (Lipinski definition) is 6. The second-order valence-corrected chi connectivity index (χ2v) is 6.25. The van der Waals surface area contributed by atoms with Crippen LogP contribution < -0.4 is 4.90 Å². The van der Waals surface area contributed by atoms with Crippen molar-refractivity contribution in [3.63, 3.8) is 0 Å². The molecule has 0 saturated heterocycles. The maximum Gasteiger partial charge on any atom is 0.355 e. The number of H-pyrrole nitrogens is 1. The number of methoxy groups -OCH3 is 2. The van der Waals surface area contributed by atoms with Crippen molar-refractivity contribution < 1.29 is 19.1 Å². The van der Waals surface area contributed by atoms with Gasteiger partial charge in [0, 0.05) is 33.9 Å². The quantitative estimate of drug-likeness (QED) is 0.657. The predicted octanol–water partition coefficient (Wildman–Crippen LogP) is 3.38. The predicted molar refractivity (Wildman–Crippen MR) is 102 cm³/mol. The Morgan fingerprint density at radius 2 is 1.88 bits per heavy atom. The molecule has 2 aromatic rings. The van der Waals surface area contributed by atoms with Gasteiger partial charge in [-0.3, -0.25) is 0 Å². The van der Waals surface area contributed by atoms with E-state index < -0.39 is 11.9 Å². The van der Waals surface area contributed by atoms with Crippen molar-refractivity contribution in [2.75, 3.05) is 25.4 Å². The van der Waals surface area contributed by atoms with E-state index in [1.54, 1.807) is 35.0 Å². The highest BCUT2D eigenvalue weighted by molar-refractivity contribution is 7.98. The minimum absolute atomic E-state index is 0.102. The van der Waals surface area contributed by atoms with Crippen molar-refractivity contribution >= 4 is 40.3 Å². The van der Waals surface area contributed by atoms with Gasteiger partial charge in [-0.1, -0.05) is 6.08 Å². The summed E-state index contributed by atoms with van der Waals surface area (Å²) in [7, 11) is 2.55. The molecule has 0 fully saturated rings. The van der Waals surface area contributed by atoms with E-state index in [2.05, 4.69) is 4.98 Å². The van der Waals surface area contributed by atoms with Gasteiger partial charge in [0.05, 0.1) is 19.8 Å². The number of nitrogens with one attached hydrogen (secondary N) is 1. The molecule has 1 aliphatic rings. The van der Waals surface area contributed by atoms with Crippen molar-refractivity contribution in [3.05, 3.63) is 60.1 Å². The molecule has 0 spiro atoms. The molecule has 3 rings (SSSR count). The van der Waals surface area contributed by atoms with Crippen molar-refractivity contribution in [1.82, 2.24) is 4.98 Å². The first kappa shape index (κ1) is 17.9. The third-order valence-corrected chi connectivity index (χ3v) is 4.79. The monoisotopic (exact) mass is 370 g/mol. The number of thioether (sulfide) groups is 1.